The van der Waals surface area contributed by atoms with Crippen molar-refractivity contribution in [2.75, 3.05) is 26.2 Å². The number of carbonyl (C=O) groups is 2. The minimum absolute atomic E-state index is 0.248. The first-order chi connectivity index (χ1) is 12.2. The highest BCUT2D eigenvalue weighted by Crippen LogP contribution is 2.36. The van der Waals surface area contributed by atoms with Crippen LogP contribution in [-0.4, -0.2) is 43.3 Å². The largest absolute Gasteiger partial charge is 0.342 e. The van der Waals surface area contributed by atoms with E-state index in [1.165, 1.54) is 16.7 Å². The van der Waals surface area contributed by atoms with Crippen LogP contribution in [0.1, 0.15) is 55.2 Å². The first-order valence-electron chi connectivity index (χ1n) is 9.76. The van der Waals surface area contributed by atoms with E-state index in [-0.39, 0.29) is 5.91 Å². The van der Waals surface area contributed by atoms with Crippen LogP contribution in [0.5, 0.6) is 0 Å². The highest BCUT2D eigenvalue weighted by atomic mass is 16.2. The molecule has 0 aromatic heterocycles. The number of piperidine rings is 1. The van der Waals surface area contributed by atoms with Gasteiger partial charge in [-0.3, -0.25) is 4.79 Å². The number of rotatable bonds is 5. The number of nitrogens with one attached hydrogen (secondary N) is 1. The maximum Gasteiger partial charge on any atom is 0.222 e. The van der Waals surface area contributed by atoms with Crippen LogP contribution in [0.2, 0.25) is 0 Å². The summed E-state index contributed by atoms with van der Waals surface area (Å²) in [5, 5.41) is 3.47. The van der Waals surface area contributed by atoms with Crippen molar-refractivity contribution < 1.29 is 9.59 Å². The molecule has 136 valence electrons. The zero-order valence-electron chi connectivity index (χ0n) is 15.3. The molecular weight excluding hydrogens is 312 g/mol. The summed E-state index contributed by atoms with van der Waals surface area (Å²) in [6.07, 6.45) is 6.33. The smallest absolute Gasteiger partial charge is 0.222 e. The summed E-state index contributed by atoms with van der Waals surface area (Å²) < 4.78 is 0. The molecule has 0 bridgehead atoms. The van der Waals surface area contributed by atoms with E-state index in [9.17, 15) is 9.59 Å². The number of hydrogen-bond donors (Lipinski definition) is 1. The lowest BCUT2D eigenvalue weighted by atomic mass is 9.77. The van der Waals surface area contributed by atoms with E-state index in [0.717, 1.165) is 58.1 Å². The third kappa shape index (κ3) is 4.30. The fourth-order valence-corrected chi connectivity index (χ4v) is 4.38. The fourth-order valence-electron chi connectivity index (χ4n) is 4.38. The van der Waals surface area contributed by atoms with Gasteiger partial charge in [-0.2, -0.15) is 0 Å². The number of fused-ring (bicyclic) bond motifs is 1. The zero-order valence-corrected chi connectivity index (χ0v) is 15.3. The number of benzene rings is 1. The van der Waals surface area contributed by atoms with Gasteiger partial charge >= 0.3 is 0 Å². The van der Waals surface area contributed by atoms with Gasteiger partial charge in [-0.15, -0.1) is 0 Å². The highest BCUT2D eigenvalue weighted by Gasteiger charge is 2.32. The van der Waals surface area contributed by atoms with Crippen molar-refractivity contribution in [3.63, 3.8) is 0 Å². The van der Waals surface area contributed by atoms with Gasteiger partial charge in [0, 0.05) is 31.8 Å². The second-order valence-electron chi connectivity index (χ2n) is 7.37. The fraction of sp³-hybridized carbons (Fsp3) is 0.619. The molecule has 0 saturated carbocycles. The molecule has 2 aliphatic heterocycles. The van der Waals surface area contributed by atoms with Crippen LogP contribution >= 0.6 is 0 Å². The summed E-state index contributed by atoms with van der Waals surface area (Å²) in [7, 11) is 0. The lowest BCUT2D eigenvalue weighted by molar-refractivity contribution is -0.132. The van der Waals surface area contributed by atoms with Crippen LogP contribution in [-0.2, 0) is 22.4 Å². The average molecular weight is 342 g/mol. The maximum absolute atomic E-state index is 12.2. The summed E-state index contributed by atoms with van der Waals surface area (Å²) in [4.78, 5) is 25.1. The summed E-state index contributed by atoms with van der Waals surface area (Å²) in [5.74, 6) is 1.09. The maximum atomic E-state index is 12.2. The molecule has 2 heterocycles. The lowest BCUT2D eigenvalue weighted by Gasteiger charge is -2.39. The molecule has 1 aromatic rings. The number of nitrogens with zero attached hydrogens (tertiary/aromatic N) is 1. The second-order valence-corrected chi connectivity index (χ2v) is 7.37. The van der Waals surface area contributed by atoms with Gasteiger partial charge in [-0.25, -0.2) is 0 Å². The normalized spacial score (nSPS) is 23.6. The third-order valence-corrected chi connectivity index (χ3v) is 5.87. The third-order valence-electron chi connectivity index (χ3n) is 5.87. The van der Waals surface area contributed by atoms with E-state index < -0.39 is 0 Å². The van der Waals surface area contributed by atoms with Crippen molar-refractivity contribution in [2.24, 2.45) is 5.92 Å². The van der Waals surface area contributed by atoms with E-state index in [1.54, 1.807) is 0 Å². The summed E-state index contributed by atoms with van der Waals surface area (Å²) in [6.45, 7) is 5.66. The molecule has 0 spiro atoms. The summed E-state index contributed by atoms with van der Waals surface area (Å²) >= 11 is 0. The highest BCUT2D eigenvalue weighted by molar-refractivity contribution is 5.76. The van der Waals surface area contributed by atoms with Gasteiger partial charge in [-0.1, -0.05) is 25.1 Å². The van der Waals surface area contributed by atoms with Gasteiger partial charge < -0.3 is 15.0 Å². The number of aldehydes is 1. The molecule has 2 unspecified atom stereocenters. The van der Waals surface area contributed by atoms with Crippen LogP contribution in [0.3, 0.4) is 0 Å². The SMILES string of the molecule is CCC(=O)N1CCC(CCC=O)C(c2ccc3c(c2)CCNCC3)C1. The van der Waals surface area contributed by atoms with E-state index in [4.69, 9.17) is 0 Å². The molecule has 1 aromatic carbocycles. The van der Waals surface area contributed by atoms with Crippen LogP contribution in [0, 0.1) is 5.92 Å². The summed E-state index contributed by atoms with van der Waals surface area (Å²) in [5.41, 5.74) is 4.26. The average Bonchev–Trinajstić information content (AvgIpc) is 2.90. The Morgan fingerprint density at radius 3 is 2.84 bits per heavy atom. The monoisotopic (exact) mass is 342 g/mol. The molecule has 2 aliphatic rings. The molecule has 4 nitrogen and oxygen atoms in total. The number of carbonyl (C=O) groups excluding carboxylic acids is 2. The molecule has 0 radical (unpaired) electrons. The van der Waals surface area contributed by atoms with Gasteiger partial charge in [0.2, 0.25) is 5.91 Å². The van der Waals surface area contributed by atoms with Crippen molar-refractivity contribution in [3.8, 4) is 0 Å². The Balaban J connectivity index is 1.84. The van der Waals surface area contributed by atoms with Crippen LogP contribution < -0.4 is 5.32 Å². The van der Waals surface area contributed by atoms with Gasteiger partial charge in [0.15, 0.2) is 0 Å². The molecule has 3 rings (SSSR count). The van der Waals surface area contributed by atoms with Gasteiger partial charge in [0.05, 0.1) is 0 Å². The standard InChI is InChI=1S/C21H30N2O2/c1-2-21(25)23-12-9-17(4-3-13-24)20(15-23)19-6-5-16-7-10-22-11-8-18(16)14-19/h5-6,13-14,17,20,22H,2-4,7-12,15H2,1H3. The van der Waals surface area contributed by atoms with E-state index in [1.807, 2.05) is 11.8 Å². The molecular formula is C21H30N2O2. The molecule has 0 aliphatic carbocycles. The minimum Gasteiger partial charge on any atom is -0.342 e. The zero-order chi connectivity index (χ0) is 17.6. The van der Waals surface area contributed by atoms with E-state index >= 15 is 0 Å². The molecule has 1 amide bonds. The number of likely N-dealkylation sites (tertiary alicyclic amines) is 1. The Bertz CT molecular complexity index is 614. The first-order valence-corrected chi connectivity index (χ1v) is 9.76. The van der Waals surface area contributed by atoms with Crippen LogP contribution in [0.4, 0.5) is 0 Å². The second kappa shape index (κ2) is 8.61. The van der Waals surface area contributed by atoms with Gasteiger partial charge in [0.1, 0.15) is 6.29 Å². The Morgan fingerprint density at radius 1 is 1.28 bits per heavy atom. The Morgan fingerprint density at radius 2 is 2.08 bits per heavy atom. The number of amides is 1. The van der Waals surface area contributed by atoms with Gasteiger partial charge in [0.25, 0.3) is 0 Å². The molecule has 2 atom stereocenters. The van der Waals surface area contributed by atoms with Crippen molar-refractivity contribution in [2.45, 2.75) is 51.4 Å². The van der Waals surface area contributed by atoms with Crippen molar-refractivity contribution in [3.05, 3.63) is 34.9 Å². The van der Waals surface area contributed by atoms with Crippen molar-refractivity contribution in [1.29, 1.82) is 0 Å². The topological polar surface area (TPSA) is 49.4 Å². The molecule has 1 fully saturated rings. The lowest BCUT2D eigenvalue weighted by Crippen LogP contribution is -2.42. The Hall–Kier alpha value is -1.68. The first kappa shape index (κ1) is 18.1. The molecule has 25 heavy (non-hydrogen) atoms. The predicted molar refractivity (Wildman–Crippen MR) is 99.7 cm³/mol. The summed E-state index contributed by atoms with van der Waals surface area (Å²) in [6, 6.07) is 6.93. The van der Waals surface area contributed by atoms with Crippen molar-refractivity contribution >= 4 is 12.2 Å². The molecule has 1 saturated heterocycles. The minimum atomic E-state index is 0.248. The van der Waals surface area contributed by atoms with E-state index in [0.29, 0.717) is 24.7 Å². The molecule has 4 heteroatoms. The molecule has 1 N–H and O–H groups in total. The predicted octanol–water partition coefficient (Wildman–Crippen LogP) is 2.70. The Labute approximate surface area is 151 Å². The van der Waals surface area contributed by atoms with E-state index in [2.05, 4.69) is 23.5 Å². The quantitative estimate of drug-likeness (QED) is 0.837. The number of hydrogen-bond acceptors (Lipinski definition) is 3. The van der Waals surface area contributed by atoms with Crippen LogP contribution in [0.15, 0.2) is 18.2 Å². The Kier molecular flexibility index (Phi) is 6.24. The van der Waals surface area contributed by atoms with Crippen LogP contribution in [0.25, 0.3) is 0 Å². The van der Waals surface area contributed by atoms with Crippen molar-refractivity contribution in [1.82, 2.24) is 10.2 Å². The van der Waals surface area contributed by atoms with Gasteiger partial charge in [-0.05, 0) is 61.4 Å².